The molecule has 0 saturated heterocycles. The third kappa shape index (κ3) is 4.62. The molecule has 2 aromatic rings. The maximum Gasteiger partial charge on any atom is 0.422 e. The van der Waals surface area contributed by atoms with Crippen LogP contribution in [-0.2, 0) is 21.9 Å². The van der Waals surface area contributed by atoms with Crippen molar-refractivity contribution in [2.45, 2.75) is 67.8 Å². The van der Waals surface area contributed by atoms with Gasteiger partial charge in [-0.05, 0) is 69.2 Å². The molecule has 0 amide bonds. The number of rotatable bonds is 9. The van der Waals surface area contributed by atoms with Gasteiger partial charge in [0, 0.05) is 23.6 Å². The van der Waals surface area contributed by atoms with Crippen LogP contribution < -0.4 is 15.2 Å². The third-order valence-corrected chi connectivity index (χ3v) is 9.27. The Hall–Kier alpha value is -2.18. The minimum Gasteiger partial charge on any atom is -0.484 e. The molecule has 0 radical (unpaired) electrons. The standard InChI is InChI=1S/C26H29F7N2O2S/c1-21(2,3)38(36)35-24(14-34,19-9-6-17(27)10-20(19)28)26(32,33)23-11-22(12-23,13-23)16-4-7-18(8-5-16)37-15-25(29,30)31/h4-10,35H,11-15,34H2,1-3H3. The molecule has 0 aliphatic heterocycles. The van der Waals surface area contributed by atoms with E-state index in [1.807, 2.05) is 0 Å². The predicted molar refractivity (Wildman–Crippen MR) is 129 cm³/mol. The van der Waals surface area contributed by atoms with Crippen LogP contribution in [-0.4, -0.2) is 34.2 Å². The van der Waals surface area contributed by atoms with E-state index in [4.69, 9.17) is 10.5 Å². The van der Waals surface area contributed by atoms with Gasteiger partial charge in [0.1, 0.15) is 22.9 Å². The molecule has 210 valence electrons. The van der Waals surface area contributed by atoms with E-state index >= 15 is 8.78 Å². The highest BCUT2D eigenvalue weighted by Gasteiger charge is 2.82. The number of halogens is 7. The van der Waals surface area contributed by atoms with Gasteiger partial charge in [0.05, 0.1) is 15.7 Å². The molecule has 38 heavy (non-hydrogen) atoms. The van der Waals surface area contributed by atoms with Gasteiger partial charge >= 0.3 is 6.18 Å². The summed E-state index contributed by atoms with van der Waals surface area (Å²) in [5.74, 6) is -5.89. The van der Waals surface area contributed by atoms with Crippen LogP contribution in [0.3, 0.4) is 0 Å². The van der Waals surface area contributed by atoms with Gasteiger partial charge in [-0.25, -0.2) is 26.5 Å². The predicted octanol–water partition coefficient (Wildman–Crippen LogP) is 5.87. The summed E-state index contributed by atoms with van der Waals surface area (Å²) in [7, 11) is -2.08. The van der Waals surface area contributed by atoms with Gasteiger partial charge in [-0.3, -0.25) is 0 Å². The zero-order chi connectivity index (χ0) is 28.4. The van der Waals surface area contributed by atoms with Crippen LogP contribution in [0.15, 0.2) is 42.5 Å². The second-order valence-corrected chi connectivity index (χ2v) is 13.3. The fourth-order valence-corrected chi connectivity index (χ4v) is 6.61. The van der Waals surface area contributed by atoms with E-state index in [1.54, 1.807) is 32.9 Å². The summed E-state index contributed by atoms with van der Waals surface area (Å²) < 4.78 is 118. The number of ether oxygens (including phenoxy) is 1. The number of hydrogen-bond donors (Lipinski definition) is 2. The van der Waals surface area contributed by atoms with Crippen LogP contribution in [0.25, 0.3) is 0 Å². The lowest BCUT2D eigenvalue weighted by atomic mass is 9.30. The second-order valence-electron chi connectivity index (χ2n) is 11.3. The molecular weight excluding hydrogens is 537 g/mol. The van der Waals surface area contributed by atoms with Crippen molar-refractivity contribution in [2.24, 2.45) is 11.1 Å². The Kier molecular flexibility index (Phi) is 6.97. The molecule has 3 saturated carbocycles. The van der Waals surface area contributed by atoms with E-state index in [2.05, 4.69) is 4.72 Å². The van der Waals surface area contributed by atoms with Crippen LogP contribution in [0.2, 0.25) is 0 Å². The van der Waals surface area contributed by atoms with Crippen molar-refractivity contribution in [2.75, 3.05) is 13.2 Å². The molecule has 5 rings (SSSR count). The largest absolute Gasteiger partial charge is 0.484 e. The minimum atomic E-state index is -4.49. The summed E-state index contributed by atoms with van der Waals surface area (Å²) in [5, 5.41) is 0. The molecule has 0 heterocycles. The molecule has 0 spiro atoms. The first-order valence-corrected chi connectivity index (χ1v) is 13.1. The molecule has 3 N–H and O–H groups in total. The highest BCUT2D eigenvalue weighted by Crippen LogP contribution is 2.80. The second kappa shape index (κ2) is 9.19. The number of nitrogens with two attached hydrogens (primary N) is 1. The smallest absolute Gasteiger partial charge is 0.422 e. The quantitative estimate of drug-likeness (QED) is 0.374. The third-order valence-electron chi connectivity index (χ3n) is 7.62. The summed E-state index contributed by atoms with van der Waals surface area (Å²) in [6.07, 6.45) is -4.48. The van der Waals surface area contributed by atoms with Gasteiger partial charge in [0.2, 0.25) is 0 Å². The van der Waals surface area contributed by atoms with Crippen LogP contribution >= 0.6 is 0 Å². The van der Waals surface area contributed by atoms with Crippen LogP contribution in [0, 0.1) is 17.0 Å². The van der Waals surface area contributed by atoms with Crippen LogP contribution in [0.5, 0.6) is 5.75 Å². The molecule has 2 aromatic carbocycles. The molecule has 2 atom stereocenters. The molecule has 3 fully saturated rings. The Bertz CT molecular complexity index is 1210. The SMILES string of the molecule is CC(C)(C)S(=O)NC(CN)(c1ccc(F)cc1F)C(F)(F)C12CC(c3ccc(OCC(F)(F)F)cc3)(C1)C2. The molecular formula is C26H29F7N2O2S. The Morgan fingerprint density at radius 2 is 1.55 bits per heavy atom. The molecule has 0 aromatic heterocycles. The summed E-state index contributed by atoms with van der Waals surface area (Å²) in [6.45, 7) is 2.43. The van der Waals surface area contributed by atoms with Gasteiger partial charge in [0.15, 0.2) is 6.61 Å². The van der Waals surface area contributed by atoms with Crippen molar-refractivity contribution in [3.05, 3.63) is 65.2 Å². The Balaban J connectivity index is 1.63. The first kappa shape index (κ1) is 28.8. The fraction of sp³-hybridized carbons (Fsp3) is 0.538. The molecule has 2 unspecified atom stereocenters. The van der Waals surface area contributed by atoms with E-state index in [0.29, 0.717) is 11.6 Å². The van der Waals surface area contributed by atoms with Crippen molar-refractivity contribution in [3.8, 4) is 5.75 Å². The first-order chi connectivity index (χ1) is 17.4. The van der Waals surface area contributed by atoms with E-state index < -0.39 is 74.5 Å². The van der Waals surface area contributed by atoms with Crippen LogP contribution in [0.1, 0.15) is 51.2 Å². The van der Waals surface area contributed by atoms with Gasteiger partial charge < -0.3 is 10.5 Å². The van der Waals surface area contributed by atoms with Gasteiger partial charge in [0.25, 0.3) is 5.92 Å². The Labute approximate surface area is 218 Å². The van der Waals surface area contributed by atoms with Crippen LogP contribution in [0.4, 0.5) is 30.7 Å². The maximum absolute atomic E-state index is 16.6. The molecule has 3 aliphatic carbocycles. The zero-order valence-corrected chi connectivity index (χ0v) is 21.8. The normalized spacial score (nSPS) is 25.7. The number of nitrogens with one attached hydrogen (secondary N) is 1. The van der Waals surface area contributed by atoms with E-state index in [9.17, 15) is 26.2 Å². The zero-order valence-electron chi connectivity index (χ0n) is 21.0. The summed E-state index contributed by atoms with van der Waals surface area (Å²) in [5.41, 5.74) is 1.18. The maximum atomic E-state index is 16.6. The fourth-order valence-electron chi connectivity index (χ4n) is 5.66. The van der Waals surface area contributed by atoms with Crippen molar-refractivity contribution < 1.29 is 39.7 Å². The topological polar surface area (TPSA) is 64.4 Å². The van der Waals surface area contributed by atoms with E-state index in [1.165, 1.54) is 12.1 Å². The van der Waals surface area contributed by atoms with E-state index in [-0.39, 0.29) is 25.0 Å². The van der Waals surface area contributed by atoms with Crippen molar-refractivity contribution in [3.63, 3.8) is 0 Å². The molecule has 3 aliphatic rings. The lowest BCUT2D eigenvalue weighted by Crippen LogP contribution is -2.79. The van der Waals surface area contributed by atoms with Gasteiger partial charge in [-0.1, -0.05) is 18.2 Å². The van der Waals surface area contributed by atoms with Crippen molar-refractivity contribution >= 4 is 11.0 Å². The molecule has 2 bridgehead atoms. The van der Waals surface area contributed by atoms with Gasteiger partial charge in [-0.15, -0.1) is 0 Å². The average Bonchev–Trinajstić information content (AvgIpc) is 2.73. The summed E-state index contributed by atoms with van der Waals surface area (Å²) >= 11 is 0. The van der Waals surface area contributed by atoms with Gasteiger partial charge in [-0.2, -0.15) is 13.2 Å². The summed E-state index contributed by atoms with van der Waals surface area (Å²) in [6, 6.07) is 8.07. The lowest BCUT2D eigenvalue weighted by molar-refractivity contribution is -0.309. The van der Waals surface area contributed by atoms with Crippen molar-refractivity contribution in [1.29, 1.82) is 0 Å². The molecule has 4 nitrogen and oxygen atoms in total. The Morgan fingerprint density at radius 3 is 2.03 bits per heavy atom. The monoisotopic (exact) mass is 566 g/mol. The molecule has 12 heteroatoms. The van der Waals surface area contributed by atoms with E-state index in [0.717, 1.165) is 12.1 Å². The first-order valence-electron chi connectivity index (χ1n) is 11.9. The summed E-state index contributed by atoms with van der Waals surface area (Å²) in [4.78, 5) is 0. The highest BCUT2D eigenvalue weighted by molar-refractivity contribution is 7.84. The number of benzene rings is 2. The average molecular weight is 567 g/mol. The number of hydrogen-bond acceptors (Lipinski definition) is 3. The number of alkyl halides is 5. The Morgan fingerprint density at radius 1 is 0.974 bits per heavy atom. The van der Waals surface area contributed by atoms with Crippen molar-refractivity contribution in [1.82, 2.24) is 4.72 Å². The lowest BCUT2D eigenvalue weighted by Gasteiger charge is -2.74. The minimum absolute atomic E-state index is 0.000471. The highest BCUT2D eigenvalue weighted by atomic mass is 32.2.